The summed E-state index contributed by atoms with van der Waals surface area (Å²) in [7, 11) is -3.57. The molecule has 0 aromatic heterocycles. The van der Waals surface area contributed by atoms with Gasteiger partial charge in [0.1, 0.15) is 0 Å². The minimum absolute atomic E-state index is 0.0303. The Hall–Kier alpha value is -2.18. The van der Waals surface area contributed by atoms with Crippen molar-refractivity contribution in [2.24, 2.45) is 0 Å². The molecule has 2 aromatic rings. The maximum Gasteiger partial charge on any atom is 0.254 e. The third kappa shape index (κ3) is 3.84. The molecule has 1 aliphatic heterocycles. The van der Waals surface area contributed by atoms with Gasteiger partial charge in [-0.15, -0.1) is 0 Å². The number of hydrogen-bond donors (Lipinski definition) is 0. The lowest BCUT2D eigenvalue weighted by molar-refractivity contribution is 0.0697. The predicted molar refractivity (Wildman–Crippen MR) is 111 cm³/mol. The minimum Gasteiger partial charge on any atom is -0.336 e. The Morgan fingerprint density at radius 1 is 0.786 bits per heavy atom. The van der Waals surface area contributed by atoms with Crippen LogP contribution in [-0.4, -0.2) is 49.7 Å². The summed E-state index contributed by atoms with van der Waals surface area (Å²) < 4.78 is 27.9. The van der Waals surface area contributed by atoms with Crippen LogP contribution in [0.25, 0.3) is 0 Å². The van der Waals surface area contributed by atoms with Crippen molar-refractivity contribution in [3.63, 3.8) is 0 Å². The third-order valence-electron chi connectivity index (χ3n) is 5.34. The van der Waals surface area contributed by atoms with E-state index in [0.717, 1.165) is 27.8 Å². The van der Waals surface area contributed by atoms with E-state index in [9.17, 15) is 13.2 Å². The first-order chi connectivity index (χ1) is 13.1. The summed E-state index contributed by atoms with van der Waals surface area (Å²) in [5.74, 6) is -0.0303. The average molecular weight is 401 g/mol. The maximum atomic E-state index is 13.2. The highest BCUT2D eigenvalue weighted by atomic mass is 32.2. The molecule has 1 heterocycles. The van der Waals surface area contributed by atoms with Crippen molar-refractivity contribution in [3.05, 3.63) is 63.7 Å². The Bertz CT molecular complexity index is 997. The van der Waals surface area contributed by atoms with Crippen molar-refractivity contribution in [3.8, 4) is 0 Å². The molecule has 0 radical (unpaired) electrons. The molecule has 5 nitrogen and oxygen atoms in total. The monoisotopic (exact) mass is 400 g/mol. The maximum absolute atomic E-state index is 13.2. The summed E-state index contributed by atoms with van der Waals surface area (Å²) in [5.41, 5.74) is 5.35. The van der Waals surface area contributed by atoms with Crippen molar-refractivity contribution in [1.82, 2.24) is 9.21 Å². The second kappa shape index (κ2) is 7.68. The largest absolute Gasteiger partial charge is 0.336 e. The number of rotatable bonds is 3. The third-order valence-corrected chi connectivity index (χ3v) is 7.55. The fourth-order valence-electron chi connectivity index (χ4n) is 4.06. The van der Waals surface area contributed by atoms with Crippen molar-refractivity contribution >= 4 is 15.9 Å². The summed E-state index contributed by atoms with van der Waals surface area (Å²) in [4.78, 5) is 15.0. The summed E-state index contributed by atoms with van der Waals surface area (Å²) in [5, 5.41) is 0. The van der Waals surface area contributed by atoms with E-state index in [1.165, 1.54) is 4.31 Å². The molecule has 0 unspecified atom stereocenters. The number of nitrogens with zero attached hydrogens (tertiary/aromatic N) is 2. The topological polar surface area (TPSA) is 57.7 Å². The fourth-order valence-corrected chi connectivity index (χ4v) is 5.89. The lowest BCUT2D eigenvalue weighted by Gasteiger charge is -2.35. The number of carbonyl (C=O) groups excluding carboxylic acids is 1. The number of aryl methyl sites for hydroxylation is 5. The minimum atomic E-state index is -3.57. The zero-order valence-electron chi connectivity index (χ0n) is 17.2. The van der Waals surface area contributed by atoms with E-state index in [1.807, 2.05) is 65.0 Å². The molecule has 28 heavy (non-hydrogen) atoms. The highest BCUT2D eigenvalue weighted by molar-refractivity contribution is 7.89. The summed E-state index contributed by atoms with van der Waals surface area (Å²) in [6.07, 6.45) is 0. The van der Waals surface area contributed by atoms with E-state index in [4.69, 9.17) is 0 Å². The van der Waals surface area contributed by atoms with Crippen molar-refractivity contribution in [2.45, 2.75) is 39.5 Å². The van der Waals surface area contributed by atoms with Crippen LogP contribution in [0.5, 0.6) is 0 Å². The second-order valence-corrected chi connectivity index (χ2v) is 9.62. The molecule has 150 valence electrons. The van der Waals surface area contributed by atoms with Crippen LogP contribution < -0.4 is 0 Å². The van der Waals surface area contributed by atoms with Crippen LogP contribution in [0, 0.1) is 34.6 Å². The van der Waals surface area contributed by atoms with Gasteiger partial charge in [0.2, 0.25) is 10.0 Å². The van der Waals surface area contributed by atoms with E-state index >= 15 is 0 Å². The summed E-state index contributed by atoms with van der Waals surface area (Å²) in [6.45, 7) is 11.0. The first kappa shape index (κ1) is 20.6. The molecule has 1 amide bonds. The summed E-state index contributed by atoms with van der Waals surface area (Å²) >= 11 is 0. The fraction of sp³-hybridized carbons (Fsp3) is 0.409. The SMILES string of the molecule is Cc1ccc(C(=O)N2CCN(S(=O)(=O)c3c(C)cc(C)cc3C)CC2)c(C)c1. The normalized spacial score (nSPS) is 15.7. The molecule has 0 atom stereocenters. The number of sulfonamides is 1. The van der Waals surface area contributed by atoms with Crippen LogP contribution in [0.4, 0.5) is 0 Å². The van der Waals surface area contributed by atoms with Gasteiger partial charge < -0.3 is 4.90 Å². The molecule has 0 saturated carbocycles. The molecule has 6 heteroatoms. The smallest absolute Gasteiger partial charge is 0.254 e. The van der Waals surface area contributed by atoms with Gasteiger partial charge in [0.05, 0.1) is 4.90 Å². The number of amides is 1. The second-order valence-electron chi connectivity index (χ2n) is 7.74. The molecule has 0 aliphatic carbocycles. The molecule has 1 saturated heterocycles. The number of piperazine rings is 1. The Labute approximate surface area is 168 Å². The van der Waals surface area contributed by atoms with Crippen LogP contribution in [0.15, 0.2) is 35.2 Å². The molecule has 0 N–H and O–H groups in total. The van der Waals surface area contributed by atoms with Crippen LogP contribution in [0.2, 0.25) is 0 Å². The molecule has 3 rings (SSSR count). The highest BCUT2D eigenvalue weighted by Gasteiger charge is 2.32. The molecular weight excluding hydrogens is 372 g/mol. The van der Waals surface area contributed by atoms with Gasteiger partial charge in [-0.25, -0.2) is 8.42 Å². The zero-order valence-corrected chi connectivity index (χ0v) is 18.1. The lowest BCUT2D eigenvalue weighted by Crippen LogP contribution is -2.50. The van der Waals surface area contributed by atoms with Crippen LogP contribution >= 0.6 is 0 Å². The molecule has 2 aromatic carbocycles. The molecule has 1 aliphatic rings. The molecule has 0 spiro atoms. The van der Waals surface area contributed by atoms with E-state index in [2.05, 4.69) is 0 Å². The van der Waals surface area contributed by atoms with E-state index < -0.39 is 10.0 Å². The average Bonchev–Trinajstić information content (AvgIpc) is 2.60. The Balaban J connectivity index is 1.77. The Morgan fingerprint density at radius 3 is 1.86 bits per heavy atom. The van der Waals surface area contributed by atoms with E-state index in [1.54, 1.807) is 4.90 Å². The quantitative estimate of drug-likeness (QED) is 0.794. The van der Waals surface area contributed by atoms with Gasteiger partial charge in [-0.1, -0.05) is 35.4 Å². The van der Waals surface area contributed by atoms with Crippen LogP contribution in [0.3, 0.4) is 0 Å². The van der Waals surface area contributed by atoms with Gasteiger partial charge in [-0.05, 0) is 57.4 Å². The van der Waals surface area contributed by atoms with Crippen molar-refractivity contribution in [1.29, 1.82) is 0 Å². The van der Waals surface area contributed by atoms with Crippen molar-refractivity contribution in [2.75, 3.05) is 26.2 Å². The van der Waals surface area contributed by atoms with Gasteiger partial charge >= 0.3 is 0 Å². The predicted octanol–water partition coefficient (Wildman–Crippen LogP) is 3.38. The zero-order chi connectivity index (χ0) is 20.6. The van der Waals surface area contributed by atoms with Gasteiger partial charge in [-0.3, -0.25) is 4.79 Å². The van der Waals surface area contributed by atoms with Gasteiger partial charge in [0.15, 0.2) is 0 Å². The lowest BCUT2D eigenvalue weighted by atomic mass is 10.0. The van der Waals surface area contributed by atoms with Crippen LogP contribution in [0.1, 0.15) is 38.2 Å². The Morgan fingerprint density at radius 2 is 1.32 bits per heavy atom. The highest BCUT2D eigenvalue weighted by Crippen LogP contribution is 2.26. The Kier molecular flexibility index (Phi) is 5.64. The van der Waals surface area contributed by atoms with Gasteiger partial charge in [0, 0.05) is 31.7 Å². The molecular formula is C22H28N2O3S. The number of hydrogen-bond acceptors (Lipinski definition) is 3. The van der Waals surface area contributed by atoms with Gasteiger partial charge in [-0.2, -0.15) is 4.31 Å². The number of carbonyl (C=O) groups is 1. The van der Waals surface area contributed by atoms with E-state index in [0.29, 0.717) is 36.6 Å². The van der Waals surface area contributed by atoms with Crippen molar-refractivity contribution < 1.29 is 13.2 Å². The first-order valence-corrected chi connectivity index (χ1v) is 11.0. The van der Waals surface area contributed by atoms with Gasteiger partial charge in [0.25, 0.3) is 5.91 Å². The standard InChI is InChI=1S/C22H28N2O3S/c1-15-6-7-20(17(3)12-15)22(25)23-8-10-24(11-9-23)28(26,27)21-18(4)13-16(2)14-19(21)5/h6-7,12-14H,8-11H2,1-5H3. The van der Waals surface area contributed by atoms with E-state index in [-0.39, 0.29) is 5.91 Å². The number of benzene rings is 2. The van der Waals surface area contributed by atoms with Crippen LogP contribution in [-0.2, 0) is 10.0 Å². The molecule has 0 bridgehead atoms. The first-order valence-electron chi connectivity index (χ1n) is 9.56. The summed E-state index contributed by atoms with van der Waals surface area (Å²) in [6, 6.07) is 9.59. The molecule has 1 fully saturated rings.